The Kier molecular flexibility index (Phi) is 3.59. The molecule has 6 nitrogen and oxygen atoms in total. The number of anilines is 1. The van der Waals surface area contributed by atoms with Crippen molar-refractivity contribution < 1.29 is 12.9 Å². The van der Waals surface area contributed by atoms with Gasteiger partial charge in [0.05, 0.1) is 17.1 Å². The lowest BCUT2D eigenvalue weighted by Gasteiger charge is -2.09. The Morgan fingerprint density at radius 2 is 2.11 bits per heavy atom. The van der Waals surface area contributed by atoms with Crippen LogP contribution in [-0.4, -0.2) is 13.6 Å². The van der Waals surface area contributed by atoms with Crippen LogP contribution in [0.1, 0.15) is 17.0 Å². The molecule has 0 amide bonds. The second-order valence-corrected chi connectivity index (χ2v) is 5.96. The first-order chi connectivity index (χ1) is 8.90. The molecule has 0 spiro atoms. The van der Waals surface area contributed by atoms with Crippen molar-refractivity contribution in [1.82, 2.24) is 9.88 Å². The lowest BCUT2D eigenvalue weighted by molar-refractivity contribution is 0.390. The van der Waals surface area contributed by atoms with Crippen LogP contribution in [-0.2, 0) is 16.6 Å². The quantitative estimate of drug-likeness (QED) is 0.824. The van der Waals surface area contributed by atoms with E-state index >= 15 is 0 Å². The summed E-state index contributed by atoms with van der Waals surface area (Å²) in [5, 5.41) is 3.73. The SMILES string of the molecule is Cc1cc(CNS(=O)(=O)c2cccc(N)c2C)no1. The molecule has 2 aromatic rings. The van der Waals surface area contributed by atoms with Crippen molar-refractivity contribution in [2.45, 2.75) is 25.3 Å². The van der Waals surface area contributed by atoms with Crippen molar-refractivity contribution in [2.75, 3.05) is 5.73 Å². The van der Waals surface area contributed by atoms with E-state index in [1.807, 2.05) is 0 Å². The summed E-state index contributed by atoms with van der Waals surface area (Å²) in [6, 6.07) is 6.46. The van der Waals surface area contributed by atoms with Crippen molar-refractivity contribution in [2.24, 2.45) is 0 Å². The molecule has 0 aliphatic carbocycles. The number of aryl methyl sites for hydroxylation is 1. The molecule has 0 saturated carbocycles. The van der Waals surface area contributed by atoms with Gasteiger partial charge >= 0.3 is 0 Å². The standard InChI is InChI=1S/C12H15N3O3S/c1-8-6-10(15-18-8)7-14-19(16,17)12-5-3-4-11(13)9(12)2/h3-6,14H,7,13H2,1-2H3. The van der Waals surface area contributed by atoms with Crippen molar-refractivity contribution in [3.63, 3.8) is 0 Å². The first-order valence-electron chi connectivity index (χ1n) is 5.67. The second kappa shape index (κ2) is 5.02. The largest absolute Gasteiger partial charge is 0.398 e. The maximum atomic E-state index is 12.2. The highest BCUT2D eigenvalue weighted by atomic mass is 32.2. The molecule has 2 rings (SSSR count). The number of nitrogens with zero attached hydrogens (tertiary/aromatic N) is 1. The third kappa shape index (κ3) is 2.94. The fourth-order valence-electron chi connectivity index (χ4n) is 1.67. The van der Waals surface area contributed by atoms with Crippen LogP contribution in [0.2, 0.25) is 0 Å². The van der Waals surface area contributed by atoms with E-state index in [4.69, 9.17) is 10.3 Å². The number of nitrogens with one attached hydrogen (secondary N) is 1. The molecule has 0 bridgehead atoms. The van der Waals surface area contributed by atoms with E-state index in [9.17, 15) is 8.42 Å². The van der Waals surface area contributed by atoms with E-state index < -0.39 is 10.0 Å². The van der Waals surface area contributed by atoms with Crippen LogP contribution in [0.15, 0.2) is 33.7 Å². The summed E-state index contributed by atoms with van der Waals surface area (Å²) >= 11 is 0. The predicted molar refractivity (Wildman–Crippen MR) is 70.9 cm³/mol. The molecule has 3 N–H and O–H groups in total. The van der Waals surface area contributed by atoms with Gasteiger partial charge in [0.15, 0.2) is 0 Å². The second-order valence-electron chi connectivity index (χ2n) is 4.22. The molecule has 0 radical (unpaired) electrons. The third-order valence-corrected chi connectivity index (χ3v) is 4.28. The summed E-state index contributed by atoms with van der Waals surface area (Å²) in [4.78, 5) is 0.174. The van der Waals surface area contributed by atoms with Crippen LogP contribution in [0.3, 0.4) is 0 Å². The summed E-state index contributed by atoms with van der Waals surface area (Å²) in [6.45, 7) is 3.49. The normalized spacial score (nSPS) is 11.7. The van der Waals surface area contributed by atoms with Gasteiger partial charge in [0.25, 0.3) is 0 Å². The Hall–Kier alpha value is -1.86. The average molecular weight is 281 g/mol. The molecule has 0 fully saturated rings. The zero-order chi connectivity index (χ0) is 14.0. The monoisotopic (exact) mass is 281 g/mol. The zero-order valence-corrected chi connectivity index (χ0v) is 11.5. The van der Waals surface area contributed by atoms with Gasteiger partial charge in [0, 0.05) is 11.8 Å². The molecular formula is C12H15N3O3S. The van der Waals surface area contributed by atoms with E-state index in [2.05, 4.69) is 9.88 Å². The highest BCUT2D eigenvalue weighted by molar-refractivity contribution is 7.89. The topological polar surface area (TPSA) is 98.2 Å². The molecule has 1 aromatic carbocycles. The summed E-state index contributed by atoms with van der Waals surface area (Å²) in [5.74, 6) is 0.634. The van der Waals surface area contributed by atoms with Crippen LogP contribution in [0.5, 0.6) is 0 Å². The fourth-order valence-corrected chi connectivity index (χ4v) is 2.94. The van der Waals surface area contributed by atoms with E-state index in [1.165, 1.54) is 6.07 Å². The van der Waals surface area contributed by atoms with Gasteiger partial charge in [-0.25, -0.2) is 13.1 Å². The van der Waals surface area contributed by atoms with Gasteiger partial charge in [-0.05, 0) is 31.5 Å². The number of benzene rings is 1. The molecule has 19 heavy (non-hydrogen) atoms. The maximum absolute atomic E-state index is 12.2. The Bertz CT molecular complexity index is 692. The summed E-state index contributed by atoms with van der Waals surface area (Å²) in [6.07, 6.45) is 0. The Morgan fingerprint density at radius 1 is 1.37 bits per heavy atom. The average Bonchev–Trinajstić information content (AvgIpc) is 2.76. The van der Waals surface area contributed by atoms with Crippen LogP contribution >= 0.6 is 0 Å². The summed E-state index contributed by atoms with van der Waals surface area (Å²) in [5.41, 5.74) is 7.22. The van der Waals surface area contributed by atoms with Gasteiger partial charge in [0.2, 0.25) is 10.0 Å². The number of nitrogens with two attached hydrogens (primary N) is 1. The molecule has 0 unspecified atom stereocenters. The summed E-state index contributed by atoms with van der Waals surface area (Å²) < 4.78 is 31.7. The van der Waals surface area contributed by atoms with Gasteiger partial charge in [-0.1, -0.05) is 11.2 Å². The maximum Gasteiger partial charge on any atom is 0.241 e. The lowest BCUT2D eigenvalue weighted by atomic mass is 10.2. The Morgan fingerprint density at radius 3 is 2.74 bits per heavy atom. The highest BCUT2D eigenvalue weighted by Gasteiger charge is 2.18. The number of rotatable bonds is 4. The van der Waals surface area contributed by atoms with Gasteiger partial charge in [-0.15, -0.1) is 0 Å². The minimum atomic E-state index is -3.61. The third-order valence-electron chi connectivity index (χ3n) is 2.74. The first-order valence-corrected chi connectivity index (χ1v) is 7.15. The molecule has 0 saturated heterocycles. The van der Waals surface area contributed by atoms with Gasteiger partial charge in [-0.2, -0.15) is 0 Å². The van der Waals surface area contributed by atoms with Gasteiger partial charge in [0.1, 0.15) is 5.76 Å². The number of sulfonamides is 1. The van der Waals surface area contributed by atoms with Crippen molar-refractivity contribution >= 4 is 15.7 Å². The first kappa shape index (κ1) is 13.6. The van der Waals surface area contributed by atoms with Crippen LogP contribution < -0.4 is 10.5 Å². The Balaban J connectivity index is 2.21. The van der Waals surface area contributed by atoms with E-state index in [0.717, 1.165) is 0 Å². The van der Waals surface area contributed by atoms with Gasteiger partial charge < -0.3 is 10.3 Å². The van der Waals surface area contributed by atoms with E-state index in [1.54, 1.807) is 32.0 Å². The van der Waals surface area contributed by atoms with Crippen molar-refractivity contribution in [3.8, 4) is 0 Å². The van der Waals surface area contributed by atoms with Crippen molar-refractivity contribution in [1.29, 1.82) is 0 Å². The molecule has 7 heteroatoms. The van der Waals surface area contributed by atoms with Gasteiger partial charge in [-0.3, -0.25) is 0 Å². The lowest BCUT2D eigenvalue weighted by Crippen LogP contribution is -2.24. The minimum absolute atomic E-state index is 0.0773. The number of hydrogen-bond donors (Lipinski definition) is 2. The van der Waals surface area contributed by atoms with Crippen LogP contribution in [0, 0.1) is 13.8 Å². The predicted octanol–water partition coefficient (Wildman–Crippen LogP) is 1.35. The molecule has 0 atom stereocenters. The highest BCUT2D eigenvalue weighted by Crippen LogP contribution is 2.20. The van der Waals surface area contributed by atoms with Crippen molar-refractivity contribution in [3.05, 3.63) is 41.3 Å². The van der Waals surface area contributed by atoms with E-state index in [0.29, 0.717) is 22.7 Å². The molecule has 0 aliphatic rings. The zero-order valence-electron chi connectivity index (χ0n) is 10.7. The van der Waals surface area contributed by atoms with Crippen LogP contribution in [0.25, 0.3) is 0 Å². The number of hydrogen-bond acceptors (Lipinski definition) is 5. The Labute approximate surface area is 111 Å². The summed E-state index contributed by atoms with van der Waals surface area (Å²) in [7, 11) is -3.61. The molecule has 1 aromatic heterocycles. The van der Waals surface area contributed by atoms with Crippen LogP contribution in [0.4, 0.5) is 5.69 Å². The minimum Gasteiger partial charge on any atom is -0.398 e. The number of nitrogen functional groups attached to an aromatic ring is 1. The fraction of sp³-hybridized carbons (Fsp3) is 0.250. The molecule has 102 valence electrons. The number of aromatic nitrogens is 1. The van der Waals surface area contributed by atoms with E-state index in [-0.39, 0.29) is 11.4 Å². The smallest absolute Gasteiger partial charge is 0.241 e. The molecular weight excluding hydrogens is 266 g/mol. The molecule has 1 heterocycles. The molecule has 0 aliphatic heterocycles.